The van der Waals surface area contributed by atoms with E-state index in [9.17, 15) is 0 Å². The molecule has 1 N–H and O–H groups in total. The summed E-state index contributed by atoms with van der Waals surface area (Å²) in [6.07, 6.45) is 3.29. The van der Waals surface area contributed by atoms with Crippen molar-refractivity contribution in [2.45, 2.75) is 40.2 Å². The van der Waals surface area contributed by atoms with Crippen LogP contribution < -0.4 is 5.32 Å². The Morgan fingerprint density at radius 2 is 2.18 bits per heavy atom. The van der Waals surface area contributed by atoms with E-state index in [4.69, 9.17) is 4.74 Å². The molecule has 2 unspecified atom stereocenters. The summed E-state index contributed by atoms with van der Waals surface area (Å²) in [6, 6.07) is 0.464. The fraction of sp³-hybridized carbons (Fsp3) is 0.769. The molecular formula is C13H25N3O. The number of hydrogen-bond donors (Lipinski definition) is 1. The van der Waals surface area contributed by atoms with E-state index in [0.29, 0.717) is 18.6 Å². The summed E-state index contributed by atoms with van der Waals surface area (Å²) >= 11 is 0. The molecule has 0 spiro atoms. The smallest absolute Gasteiger partial charge is 0.203 e. The SMILES string of the molecule is CCC(C)C(C)n1cc(C)nc1NCCOC. The Labute approximate surface area is 104 Å². The van der Waals surface area contributed by atoms with E-state index in [0.717, 1.165) is 18.2 Å². The summed E-state index contributed by atoms with van der Waals surface area (Å²) in [6.45, 7) is 10.3. The molecular weight excluding hydrogens is 214 g/mol. The van der Waals surface area contributed by atoms with Crippen molar-refractivity contribution in [1.82, 2.24) is 9.55 Å². The normalized spacial score (nSPS) is 14.6. The maximum atomic E-state index is 5.04. The van der Waals surface area contributed by atoms with Gasteiger partial charge in [-0.3, -0.25) is 0 Å². The number of ether oxygens (including phenoxy) is 1. The maximum absolute atomic E-state index is 5.04. The van der Waals surface area contributed by atoms with E-state index < -0.39 is 0 Å². The van der Waals surface area contributed by atoms with E-state index in [-0.39, 0.29) is 0 Å². The Morgan fingerprint density at radius 1 is 1.47 bits per heavy atom. The number of nitrogens with one attached hydrogen (secondary N) is 1. The molecule has 0 aliphatic heterocycles. The Kier molecular flexibility index (Phi) is 5.48. The second kappa shape index (κ2) is 6.64. The molecule has 1 heterocycles. The third-order valence-corrected chi connectivity index (χ3v) is 3.35. The summed E-state index contributed by atoms with van der Waals surface area (Å²) < 4.78 is 7.28. The molecule has 0 saturated heterocycles. The molecule has 0 fully saturated rings. The van der Waals surface area contributed by atoms with E-state index in [1.165, 1.54) is 6.42 Å². The number of anilines is 1. The highest BCUT2D eigenvalue weighted by atomic mass is 16.5. The van der Waals surface area contributed by atoms with E-state index in [1.54, 1.807) is 7.11 Å². The Morgan fingerprint density at radius 3 is 2.76 bits per heavy atom. The van der Waals surface area contributed by atoms with Crippen molar-refractivity contribution >= 4 is 5.95 Å². The van der Waals surface area contributed by atoms with Gasteiger partial charge in [-0.2, -0.15) is 0 Å². The lowest BCUT2D eigenvalue weighted by molar-refractivity contribution is 0.210. The van der Waals surface area contributed by atoms with Gasteiger partial charge in [0.05, 0.1) is 12.3 Å². The van der Waals surface area contributed by atoms with Gasteiger partial charge in [0.15, 0.2) is 0 Å². The second-order valence-electron chi connectivity index (χ2n) is 4.66. The molecule has 0 saturated carbocycles. The highest BCUT2D eigenvalue weighted by molar-refractivity contribution is 5.29. The number of methoxy groups -OCH3 is 1. The van der Waals surface area contributed by atoms with Crippen LogP contribution >= 0.6 is 0 Å². The van der Waals surface area contributed by atoms with Crippen molar-refractivity contribution in [2.24, 2.45) is 5.92 Å². The molecule has 98 valence electrons. The molecule has 2 atom stereocenters. The monoisotopic (exact) mass is 239 g/mol. The maximum Gasteiger partial charge on any atom is 0.203 e. The van der Waals surface area contributed by atoms with Crippen molar-refractivity contribution < 1.29 is 4.74 Å². The fourth-order valence-electron chi connectivity index (χ4n) is 1.84. The van der Waals surface area contributed by atoms with Crippen LogP contribution in [0.25, 0.3) is 0 Å². The molecule has 1 aromatic rings. The van der Waals surface area contributed by atoms with Crippen molar-refractivity contribution in [3.63, 3.8) is 0 Å². The minimum atomic E-state index is 0.464. The highest BCUT2D eigenvalue weighted by Gasteiger charge is 2.16. The first-order valence-electron chi connectivity index (χ1n) is 6.38. The van der Waals surface area contributed by atoms with Crippen LogP contribution in [0.4, 0.5) is 5.95 Å². The summed E-state index contributed by atoms with van der Waals surface area (Å²) in [4.78, 5) is 4.52. The van der Waals surface area contributed by atoms with E-state index in [2.05, 4.69) is 41.8 Å². The van der Waals surface area contributed by atoms with Crippen LogP contribution in [0.5, 0.6) is 0 Å². The summed E-state index contributed by atoms with van der Waals surface area (Å²) in [5.74, 6) is 1.60. The first-order chi connectivity index (χ1) is 8.10. The molecule has 4 nitrogen and oxygen atoms in total. The standard InChI is InChI=1S/C13H25N3O/c1-6-10(2)12(4)16-9-11(3)15-13(16)14-7-8-17-5/h9-10,12H,6-8H2,1-5H3,(H,14,15). The Balaban J connectivity index is 2.76. The molecule has 0 aromatic carbocycles. The van der Waals surface area contributed by atoms with Crippen molar-refractivity contribution in [3.05, 3.63) is 11.9 Å². The molecule has 0 radical (unpaired) electrons. The molecule has 1 rings (SSSR count). The fourth-order valence-corrected chi connectivity index (χ4v) is 1.84. The average molecular weight is 239 g/mol. The van der Waals surface area contributed by atoms with Crippen LogP contribution in [0, 0.1) is 12.8 Å². The molecule has 0 amide bonds. The summed E-state index contributed by atoms with van der Waals surface area (Å²) in [5, 5.41) is 3.32. The van der Waals surface area contributed by atoms with Gasteiger partial charge in [0, 0.05) is 25.9 Å². The third-order valence-electron chi connectivity index (χ3n) is 3.35. The topological polar surface area (TPSA) is 39.1 Å². The lowest BCUT2D eigenvalue weighted by Crippen LogP contribution is -2.18. The van der Waals surface area contributed by atoms with Crippen molar-refractivity contribution in [1.29, 1.82) is 0 Å². The van der Waals surface area contributed by atoms with Gasteiger partial charge in [-0.1, -0.05) is 20.3 Å². The predicted octanol–water partition coefficient (Wildman–Crippen LogP) is 2.86. The quantitative estimate of drug-likeness (QED) is 0.744. The van der Waals surface area contributed by atoms with Gasteiger partial charge in [-0.25, -0.2) is 4.98 Å². The number of rotatable bonds is 7. The van der Waals surface area contributed by atoms with Crippen LogP contribution in [0.3, 0.4) is 0 Å². The number of aryl methyl sites for hydroxylation is 1. The first kappa shape index (κ1) is 14.0. The number of aromatic nitrogens is 2. The minimum absolute atomic E-state index is 0.464. The van der Waals surface area contributed by atoms with Gasteiger partial charge in [0.1, 0.15) is 0 Å². The van der Waals surface area contributed by atoms with Gasteiger partial charge in [0.25, 0.3) is 0 Å². The van der Waals surface area contributed by atoms with Gasteiger partial charge < -0.3 is 14.6 Å². The highest BCUT2D eigenvalue weighted by Crippen LogP contribution is 2.24. The zero-order chi connectivity index (χ0) is 12.8. The first-order valence-corrected chi connectivity index (χ1v) is 6.38. The van der Waals surface area contributed by atoms with Crippen LogP contribution in [0.1, 0.15) is 38.9 Å². The van der Waals surface area contributed by atoms with Gasteiger partial charge in [0.2, 0.25) is 5.95 Å². The zero-order valence-corrected chi connectivity index (χ0v) is 11.7. The van der Waals surface area contributed by atoms with Crippen LogP contribution in [-0.4, -0.2) is 29.8 Å². The second-order valence-corrected chi connectivity index (χ2v) is 4.66. The lowest BCUT2D eigenvalue weighted by Gasteiger charge is -2.22. The van der Waals surface area contributed by atoms with Crippen LogP contribution in [0.2, 0.25) is 0 Å². The van der Waals surface area contributed by atoms with E-state index in [1.807, 2.05) is 6.92 Å². The van der Waals surface area contributed by atoms with E-state index >= 15 is 0 Å². The Bertz CT molecular complexity index is 335. The van der Waals surface area contributed by atoms with Crippen LogP contribution in [0.15, 0.2) is 6.20 Å². The molecule has 1 aromatic heterocycles. The lowest BCUT2D eigenvalue weighted by atomic mass is 10.0. The van der Waals surface area contributed by atoms with Gasteiger partial charge in [-0.05, 0) is 19.8 Å². The number of imidazole rings is 1. The average Bonchev–Trinajstić information content (AvgIpc) is 2.69. The predicted molar refractivity (Wildman–Crippen MR) is 71.5 cm³/mol. The number of hydrogen-bond acceptors (Lipinski definition) is 3. The molecule has 0 aliphatic carbocycles. The zero-order valence-electron chi connectivity index (χ0n) is 11.7. The Hall–Kier alpha value is -1.03. The van der Waals surface area contributed by atoms with Gasteiger partial charge in [-0.15, -0.1) is 0 Å². The molecule has 4 heteroatoms. The number of nitrogens with zero attached hydrogens (tertiary/aromatic N) is 2. The van der Waals surface area contributed by atoms with Crippen LogP contribution in [-0.2, 0) is 4.74 Å². The van der Waals surface area contributed by atoms with Crippen molar-refractivity contribution in [3.8, 4) is 0 Å². The summed E-state index contributed by atoms with van der Waals surface area (Å²) in [5.41, 5.74) is 1.06. The van der Waals surface area contributed by atoms with Crippen molar-refractivity contribution in [2.75, 3.05) is 25.6 Å². The van der Waals surface area contributed by atoms with Gasteiger partial charge >= 0.3 is 0 Å². The molecule has 17 heavy (non-hydrogen) atoms. The largest absolute Gasteiger partial charge is 0.383 e. The molecule has 0 aliphatic rings. The minimum Gasteiger partial charge on any atom is -0.383 e. The summed E-state index contributed by atoms with van der Waals surface area (Å²) in [7, 11) is 1.71. The molecule has 0 bridgehead atoms. The third kappa shape index (κ3) is 3.73.